The van der Waals surface area contributed by atoms with Gasteiger partial charge in [-0.3, -0.25) is 0 Å². The van der Waals surface area contributed by atoms with Crippen LogP contribution in [0.3, 0.4) is 0 Å². The highest BCUT2D eigenvalue weighted by molar-refractivity contribution is 5.81. The van der Waals surface area contributed by atoms with E-state index in [2.05, 4.69) is 60.7 Å². The largest absolute Gasteiger partial charge is 0.497 e. The van der Waals surface area contributed by atoms with Crippen molar-refractivity contribution >= 4 is 5.82 Å². The van der Waals surface area contributed by atoms with Crippen molar-refractivity contribution in [3.8, 4) is 22.6 Å². The van der Waals surface area contributed by atoms with Crippen LogP contribution in [0.2, 0.25) is 0 Å². The van der Waals surface area contributed by atoms with Crippen molar-refractivity contribution in [3.05, 3.63) is 59.3 Å². The maximum Gasteiger partial charge on any atom is 0.135 e. The van der Waals surface area contributed by atoms with Gasteiger partial charge in [0.2, 0.25) is 0 Å². The van der Waals surface area contributed by atoms with Gasteiger partial charge in [0, 0.05) is 30.8 Å². The van der Waals surface area contributed by atoms with Crippen molar-refractivity contribution in [1.29, 1.82) is 0 Å². The molecule has 1 aromatic heterocycles. The van der Waals surface area contributed by atoms with Crippen molar-refractivity contribution in [1.82, 2.24) is 9.78 Å². The number of aryl methyl sites for hydroxylation is 2. The average Bonchev–Trinajstić information content (AvgIpc) is 3.10. The normalized spacial score (nSPS) is 13.5. The quantitative estimate of drug-likeness (QED) is 0.550. The first-order valence-corrected chi connectivity index (χ1v) is 10.7. The second-order valence-corrected chi connectivity index (χ2v) is 8.20. The predicted octanol–water partition coefficient (Wildman–Crippen LogP) is 5.41. The first kappa shape index (κ1) is 20.3. The van der Waals surface area contributed by atoms with Gasteiger partial charge in [-0.05, 0) is 48.6 Å². The standard InChI is InChI=1S/C25H31N3O2/c1-17(2)21-9-6-7-10-22(21)24-18(3)26-28-14-8-13-27(25(24)28)16-19-15-20(29-4)11-12-23(19)30-5/h6-7,9-12,15,17H,8,13-14,16H2,1-5H3. The smallest absolute Gasteiger partial charge is 0.135 e. The monoisotopic (exact) mass is 405 g/mol. The van der Waals surface area contributed by atoms with Crippen LogP contribution in [-0.4, -0.2) is 30.5 Å². The molecule has 30 heavy (non-hydrogen) atoms. The Balaban J connectivity index is 1.81. The summed E-state index contributed by atoms with van der Waals surface area (Å²) in [5, 5.41) is 4.92. The summed E-state index contributed by atoms with van der Waals surface area (Å²) in [5.74, 6) is 3.38. The SMILES string of the molecule is COc1ccc(OC)c(CN2CCCn3nc(C)c(-c4ccccc4C(C)C)c32)c1. The molecule has 2 heterocycles. The molecule has 4 rings (SSSR count). The van der Waals surface area contributed by atoms with Gasteiger partial charge < -0.3 is 14.4 Å². The fourth-order valence-electron chi connectivity index (χ4n) is 4.47. The number of hydrogen-bond donors (Lipinski definition) is 0. The van der Waals surface area contributed by atoms with Crippen LogP contribution in [-0.2, 0) is 13.1 Å². The first-order valence-electron chi connectivity index (χ1n) is 10.7. The minimum atomic E-state index is 0.451. The molecule has 0 N–H and O–H groups in total. The molecule has 1 aliphatic heterocycles. The van der Waals surface area contributed by atoms with Gasteiger partial charge in [-0.25, -0.2) is 4.68 Å². The molecule has 0 saturated heterocycles. The predicted molar refractivity (Wildman–Crippen MR) is 122 cm³/mol. The molecule has 5 heteroatoms. The van der Waals surface area contributed by atoms with Gasteiger partial charge in [0.15, 0.2) is 0 Å². The topological polar surface area (TPSA) is 39.5 Å². The number of anilines is 1. The fourth-order valence-corrected chi connectivity index (χ4v) is 4.47. The van der Waals surface area contributed by atoms with E-state index in [1.807, 2.05) is 12.1 Å². The molecular formula is C25H31N3O2. The lowest BCUT2D eigenvalue weighted by Crippen LogP contribution is -2.32. The third-order valence-corrected chi connectivity index (χ3v) is 5.90. The van der Waals surface area contributed by atoms with E-state index < -0.39 is 0 Å². The van der Waals surface area contributed by atoms with Gasteiger partial charge in [-0.2, -0.15) is 5.10 Å². The van der Waals surface area contributed by atoms with Crippen molar-refractivity contribution < 1.29 is 9.47 Å². The highest BCUT2D eigenvalue weighted by Crippen LogP contribution is 2.41. The van der Waals surface area contributed by atoms with E-state index in [0.717, 1.165) is 48.8 Å². The lowest BCUT2D eigenvalue weighted by atomic mass is 9.92. The number of fused-ring (bicyclic) bond motifs is 1. The van der Waals surface area contributed by atoms with E-state index in [1.165, 1.54) is 22.5 Å². The molecule has 0 fully saturated rings. The van der Waals surface area contributed by atoms with Gasteiger partial charge in [-0.1, -0.05) is 38.1 Å². The van der Waals surface area contributed by atoms with Gasteiger partial charge in [0.05, 0.1) is 19.9 Å². The van der Waals surface area contributed by atoms with Crippen LogP contribution in [0.5, 0.6) is 11.5 Å². The van der Waals surface area contributed by atoms with Crippen LogP contribution in [0, 0.1) is 6.92 Å². The maximum absolute atomic E-state index is 5.64. The average molecular weight is 406 g/mol. The zero-order valence-electron chi connectivity index (χ0n) is 18.6. The summed E-state index contributed by atoms with van der Waals surface area (Å²) in [6.07, 6.45) is 1.08. The van der Waals surface area contributed by atoms with Gasteiger partial charge in [0.1, 0.15) is 17.3 Å². The van der Waals surface area contributed by atoms with Gasteiger partial charge >= 0.3 is 0 Å². The summed E-state index contributed by atoms with van der Waals surface area (Å²) in [7, 11) is 3.42. The van der Waals surface area contributed by atoms with Crippen molar-refractivity contribution in [3.63, 3.8) is 0 Å². The molecule has 0 unspecified atom stereocenters. The Bertz CT molecular complexity index is 1040. The highest BCUT2D eigenvalue weighted by Gasteiger charge is 2.27. The van der Waals surface area contributed by atoms with Crippen LogP contribution in [0.25, 0.3) is 11.1 Å². The van der Waals surface area contributed by atoms with E-state index in [1.54, 1.807) is 14.2 Å². The molecule has 0 bridgehead atoms. The Kier molecular flexibility index (Phi) is 5.71. The van der Waals surface area contributed by atoms with Crippen LogP contribution >= 0.6 is 0 Å². The molecule has 158 valence electrons. The van der Waals surface area contributed by atoms with Crippen molar-refractivity contribution in [2.45, 2.75) is 46.2 Å². The first-order chi connectivity index (χ1) is 14.5. The second-order valence-electron chi connectivity index (χ2n) is 8.20. The number of hydrogen-bond acceptors (Lipinski definition) is 4. The zero-order chi connectivity index (χ0) is 21.3. The van der Waals surface area contributed by atoms with Gasteiger partial charge in [-0.15, -0.1) is 0 Å². The summed E-state index contributed by atoms with van der Waals surface area (Å²) in [5.41, 5.74) is 6.10. The molecule has 2 aromatic carbocycles. The lowest BCUT2D eigenvalue weighted by molar-refractivity contribution is 0.397. The second kappa shape index (κ2) is 8.42. The number of ether oxygens (including phenoxy) is 2. The van der Waals surface area contributed by atoms with E-state index in [0.29, 0.717) is 5.92 Å². The molecule has 5 nitrogen and oxygen atoms in total. The van der Waals surface area contributed by atoms with E-state index in [-0.39, 0.29) is 0 Å². The minimum Gasteiger partial charge on any atom is -0.497 e. The summed E-state index contributed by atoms with van der Waals surface area (Å²) in [6, 6.07) is 14.7. The molecule has 0 spiro atoms. The Morgan fingerprint density at radius 3 is 2.57 bits per heavy atom. The van der Waals surface area contributed by atoms with Crippen LogP contribution < -0.4 is 14.4 Å². The summed E-state index contributed by atoms with van der Waals surface area (Å²) in [4.78, 5) is 2.44. The van der Waals surface area contributed by atoms with E-state index in [9.17, 15) is 0 Å². The number of nitrogens with zero attached hydrogens (tertiary/aromatic N) is 3. The lowest BCUT2D eigenvalue weighted by Gasteiger charge is -2.31. The molecule has 0 amide bonds. The molecule has 1 aliphatic rings. The Labute approximate surface area is 179 Å². The minimum absolute atomic E-state index is 0.451. The van der Waals surface area contributed by atoms with Gasteiger partial charge in [0.25, 0.3) is 0 Å². The third kappa shape index (κ3) is 3.64. The summed E-state index contributed by atoms with van der Waals surface area (Å²) >= 11 is 0. The Morgan fingerprint density at radius 1 is 1.03 bits per heavy atom. The number of methoxy groups -OCH3 is 2. The van der Waals surface area contributed by atoms with Crippen LogP contribution in [0.1, 0.15) is 43.0 Å². The molecule has 0 aliphatic carbocycles. The fraction of sp³-hybridized carbons (Fsp3) is 0.400. The van der Waals surface area contributed by atoms with Crippen molar-refractivity contribution in [2.75, 3.05) is 25.7 Å². The summed E-state index contributed by atoms with van der Waals surface area (Å²) in [6.45, 7) is 9.32. The molecule has 3 aromatic rings. The Morgan fingerprint density at radius 2 is 1.83 bits per heavy atom. The van der Waals surface area contributed by atoms with E-state index >= 15 is 0 Å². The highest BCUT2D eigenvalue weighted by atomic mass is 16.5. The summed E-state index contributed by atoms with van der Waals surface area (Å²) < 4.78 is 13.3. The maximum atomic E-state index is 5.64. The third-order valence-electron chi connectivity index (χ3n) is 5.90. The molecule has 0 atom stereocenters. The zero-order valence-corrected chi connectivity index (χ0v) is 18.6. The Hall–Kier alpha value is -2.95. The van der Waals surface area contributed by atoms with E-state index in [4.69, 9.17) is 14.6 Å². The molecule has 0 saturated carbocycles. The number of aromatic nitrogens is 2. The van der Waals surface area contributed by atoms with Crippen LogP contribution in [0.15, 0.2) is 42.5 Å². The number of benzene rings is 2. The number of rotatable bonds is 6. The van der Waals surface area contributed by atoms with Crippen LogP contribution in [0.4, 0.5) is 5.82 Å². The van der Waals surface area contributed by atoms with Crippen molar-refractivity contribution in [2.24, 2.45) is 0 Å². The molecule has 0 radical (unpaired) electrons. The molecular weight excluding hydrogens is 374 g/mol.